The molecule has 0 unspecified atom stereocenters. The zero-order chi connectivity index (χ0) is 5.98. The van der Waals surface area contributed by atoms with Gasteiger partial charge in [-0.1, -0.05) is 0 Å². The molecule has 0 aliphatic heterocycles. The molecule has 0 aromatic carbocycles. The molecule has 0 bridgehead atoms. The van der Waals surface area contributed by atoms with Crippen molar-refractivity contribution in [2.24, 2.45) is 0 Å². The number of carbonyl (C=O) groups is 1. The molecule has 0 atom stereocenters. The summed E-state index contributed by atoms with van der Waals surface area (Å²) < 4.78 is 4.38. The Balaban J connectivity index is 3.09. The Hall–Kier alpha value is -1.25. The Morgan fingerprint density at radius 2 is 2.50 bits per heavy atom. The van der Waals surface area contributed by atoms with Crippen LogP contribution in [0, 0.1) is 0 Å². The van der Waals surface area contributed by atoms with Gasteiger partial charge in [0.05, 0.1) is 11.8 Å². The number of carbonyl (C=O) groups excluding carboxylic acids is 1. The van der Waals surface area contributed by atoms with Gasteiger partial charge in [-0.05, 0) is 6.07 Å². The van der Waals surface area contributed by atoms with Crippen LogP contribution >= 0.6 is 0 Å². The molecule has 1 heterocycles. The van der Waals surface area contributed by atoms with Crippen LogP contribution in [0.25, 0.3) is 0 Å². The van der Waals surface area contributed by atoms with E-state index in [0.717, 1.165) is 0 Å². The van der Waals surface area contributed by atoms with Crippen LogP contribution in [-0.2, 0) is 0 Å². The van der Waals surface area contributed by atoms with Gasteiger partial charge in [0, 0.05) is 0 Å². The highest BCUT2D eigenvalue weighted by Gasteiger charge is 1.98. The fourth-order valence-electron chi connectivity index (χ4n) is 0.401. The molecule has 0 aliphatic carbocycles. The molecule has 1 aromatic heterocycles. The lowest BCUT2D eigenvalue weighted by Gasteiger charge is -1.77. The molecule has 8 heavy (non-hydrogen) atoms. The van der Waals surface area contributed by atoms with Crippen molar-refractivity contribution in [1.29, 1.82) is 0 Å². The van der Waals surface area contributed by atoms with Gasteiger partial charge in [-0.15, -0.1) is 0 Å². The summed E-state index contributed by atoms with van der Waals surface area (Å²) in [5, 5.41) is 8.55. The number of hydrogen-bond donors (Lipinski definition) is 1. The van der Waals surface area contributed by atoms with Crippen LogP contribution in [0.1, 0.15) is 10.4 Å². The summed E-state index contributed by atoms with van der Waals surface area (Å²) in [7, 11) is 0. The van der Waals surface area contributed by atoms with Gasteiger partial charge < -0.3 is 9.52 Å². The van der Waals surface area contributed by atoms with Gasteiger partial charge in [-0.2, -0.15) is 0 Å². The van der Waals surface area contributed by atoms with E-state index >= 15 is 0 Å². The summed E-state index contributed by atoms with van der Waals surface area (Å²) in [6, 6.07) is 1.39. The summed E-state index contributed by atoms with van der Waals surface area (Å²) in [6.45, 7) is 0. The maximum absolute atomic E-state index is 9.87. The predicted molar refractivity (Wildman–Crippen MR) is 25.8 cm³/mol. The van der Waals surface area contributed by atoms with Crippen LogP contribution in [0.15, 0.2) is 16.7 Å². The molecule has 0 radical (unpaired) electrons. The molecule has 3 nitrogen and oxygen atoms in total. The van der Waals surface area contributed by atoms with Crippen molar-refractivity contribution in [1.82, 2.24) is 0 Å². The van der Waals surface area contributed by atoms with Crippen molar-refractivity contribution in [2.75, 3.05) is 0 Å². The van der Waals surface area contributed by atoms with Crippen LogP contribution in [0.2, 0.25) is 0 Å². The Morgan fingerprint density at radius 3 is 2.75 bits per heavy atom. The number of rotatable bonds is 1. The molecule has 3 heteroatoms. The van der Waals surface area contributed by atoms with E-state index in [9.17, 15) is 4.79 Å². The Morgan fingerprint density at radius 1 is 1.75 bits per heavy atom. The fourth-order valence-corrected chi connectivity index (χ4v) is 0.401. The molecule has 42 valence electrons. The summed E-state index contributed by atoms with van der Waals surface area (Å²) in [5.74, 6) is -0.319. The molecule has 0 amide bonds. The highest BCUT2D eigenvalue weighted by atomic mass is 16.5. The second kappa shape index (κ2) is 1.69. The molecule has 0 fully saturated rings. The summed E-state index contributed by atoms with van der Waals surface area (Å²) in [4.78, 5) is 9.87. The van der Waals surface area contributed by atoms with Crippen LogP contribution in [-0.4, -0.2) is 11.4 Å². The zero-order valence-corrected chi connectivity index (χ0v) is 4.00. The summed E-state index contributed by atoms with van der Waals surface area (Å²) >= 11 is 0. The number of furan rings is 1. The highest BCUT2D eigenvalue weighted by molar-refractivity contribution is 5.77. The topological polar surface area (TPSA) is 50.4 Å². The van der Waals surface area contributed by atoms with E-state index in [1.807, 2.05) is 0 Å². The monoisotopic (exact) mass is 112 g/mol. The van der Waals surface area contributed by atoms with Gasteiger partial charge >= 0.3 is 0 Å². The van der Waals surface area contributed by atoms with Crippen LogP contribution in [0.3, 0.4) is 0 Å². The molecule has 0 saturated carbocycles. The molecular weight excluding hydrogens is 108 g/mol. The first-order valence-electron chi connectivity index (χ1n) is 2.06. The number of aromatic hydroxyl groups is 1. The third-order valence-corrected chi connectivity index (χ3v) is 0.801. The second-order valence-corrected chi connectivity index (χ2v) is 1.30. The minimum absolute atomic E-state index is 0.185. The summed E-state index contributed by atoms with van der Waals surface area (Å²) in [6.07, 6.45) is 1.78. The molecule has 1 aromatic rings. The van der Waals surface area contributed by atoms with E-state index in [1.54, 1.807) is 0 Å². The molecule has 1 rings (SSSR count). The van der Waals surface area contributed by atoms with Crippen molar-refractivity contribution in [3.63, 3.8) is 0 Å². The molecule has 0 spiro atoms. The van der Waals surface area contributed by atoms with E-state index < -0.39 is 0 Å². The van der Waals surface area contributed by atoms with Gasteiger partial charge in [0.2, 0.25) is 0 Å². The summed E-state index contributed by atoms with van der Waals surface area (Å²) in [5.41, 5.74) is 0.185. The normalized spacial score (nSPS) is 9.00. The van der Waals surface area contributed by atoms with Gasteiger partial charge in [-0.25, -0.2) is 0 Å². The SMILES string of the molecule is O=Cc1ccoc1O. The van der Waals surface area contributed by atoms with E-state index in [-0.39, 0.29) is 11.5 Å². The van der Waals surface area contributed by atoms with E-state index in [2.05, 4.69) is 4.42 Å². The molecular formula is C5H4O3. The highest BCUT2D eigenvalue weighted by Crippen LogP contribution is 2.13. The second-order valence-electron chi connectivity index (χ2n) is 1.30. The molecule has 1 N–H and O–H groups in total. The van der Waals surface area contributed by atoms with Crippen molar-refractivity contribution < 1.29 is 14.3 Å². The predicted octanol–water partition coefficient (Wildman–Crippen LogP) is 0.798. The van der Waals surface area contributed by atoms with Crippen molar-refractivity contribution >= 4 is 6.29 Å². The Bertz CT molecular complexity index is 189. The van der Waals surface area contributed by atoms with E-state index in [0.29, 0.717) is 6.29 Å². The lowest BCUT2D eigenvalue weighted by atomic mass is 10.4. The van der Waals surface area contributed by atoms with Crippen LogP contribution in [0.4, 0.5) is 0 Å². The number of aldehydes is 1. The third-order valence-electron chi connectivity index (χ3n) is 0.801. The average Bonchev–Trinajstić information content (AvgIpc) is 2.14. The standard InChI is InChI=1S/C5H4O3/c6-3-4-1-2-8-5(4)7/h1-3,7H. The average molecular weight is 112 g/mol. The molecule has 0 saturated heterocycles. The van der Waals surface area contributed by atoms with Gasteiger partial charge in [0.1, 0.15) is 0 Å². The maximum atomic E-state index is 9.87. The Kier molecular flexibility index (Phi) is 1.04. The molecule has 0 aliphatic rings. The first kappa shape index (κ1) is 4.90. The van der Waals surface area contributed by atoms with E-state index in [4.69, 9.17) is 5.11 Å². The first-order chi connectivity index (χ1) is 3.84. The van der Waals surface area contributed by atoms with Crippen molar-refractivity contribution in [2.45, 2.75) is 0 Å². The largest absolute Gasteiger partial charge is 0.480 e. The zero-order valence-electron chi connectivity index (χ0n) is 4.00. The number of hydrogen-bond acceptors (Lipinski definition) is 3. The van der Waals surface area contributed by atoms with Gasteiger partial charge in [0.25, 0.3) is 5.95 Å². The van der Waals surface area contributed by atoms with Gasteiger partial charge in [-0.3, -0.25) is 4.79 Å². The lowest BCUT2D eigenvalue weighted by Crippen LogP contribution is -1.69. The van der Waals surface area contributed by atoms with Crippen molar-refractivity contribution in [3.8, 4) is 5.95 Å². The minimum Gasteiger partial charge on any atom is -0.480 e. The first-order valence-corrected chi connectivity index (χ1v) is 2.06. The van der Waals surface area contributed by atoms with Crippen LogP contribution in [0.5, 0.6) is 5.95 Å². The Labute approximate surface area is 45.5 Å². The lowest BCUT2D eigenvalue weighted by molar-refractivity contribution is 0.111. The third kappa shape index (κ3) is 0.578. The van der Waals surface area contributed by atoms with E-state index in [1.165, 1.54) is 12.3 Å². The van der Waals surface area contributed by atoms with Crippen LogP contribution < -0.4 is 0 Å². The van der Waals surface area contributed by atoms with Crippen molar-refractivity contribution in [3.05, 3.63) is 17.9 Å². The smallest absolute Gasteiger partial charge is 0.292 e. The van der Waals surface area contributed by atoms with Gasteiger partial charge in [0.15, 0.2) is 6.29 Å². The maximum Gasteiger partial charge on any atom is 0.292 e. The fraction of sp³-hybridized carbons (Fsp3) is 0. The quantitative estimate of drug-likeness (QED) is 0.546. The minimum atomic E-state index is -0.319.